The van der Waals surface area contributed by atoms with E-state index in [1.807, 2.05) is 0 Å². The molecule has 0 nitrogen and oxygen atoms in total. The Morgan fingerprint density at radius 1 is 0.684 bits per heavy atom. The number of hydrogen-bond donors (Lipinski definition) is 0. The Morgan fingerprint density at radius 3 is 2.16 bits per heavy atom. The molecule has 0 bridgehead atoms. The lowest BCUT2D eigenvalue weighted by Gasteiger charge is -2.47. The average molecular weight is 260 g/mol. The van der Waals surface area contributed by atoms with Gasteiger partial charge in [0.25, 0.3) is 0 Å². The monoisotopic (exact) mass is 260 g/mol. The van der Waals surface area contributed by atoms with Gasteiger partial charge in [-0.2, -0.15) is 0 Å². The molecule has 5 unspecified atom stereocenters. The van der Waals surface area contributed by atoms with Gasteiger partial charge in [0.2, 0.25) is 0 Å². The summed E-state index contributed by atoms with van der Waals surface area (Å²) in [5.41, 5.74) is 0.749. The standard InChI is InChI=1S/C19H32/c1-19(16-10-3-2-4-11-16)13-15-9-5-7-14-8-6-12-17(19)18(14)15/h14-18H,2-13H2,1H3. The molecule has 0 radical (unpaired) electrons. The lowest BCUT2D eigenvalue weighted by atomic mass is 9.58. The molecule has 4 saturated carbocycles. The first-order chi connectivity index (χ1) is 9.29. The van der Waals surface area contributed by atoms with Crippen LogP contribution >= 0.6 is 0 Å². The molecule has 0 heteroatoms. The Morgan fingerprint density at radius 2 is 1.37 bits per heavy atom. The van der Waals surface area contributed by atoms with Crippen molar-refractivity contribution in [3.8, 4) is 0 Å². The Balaban J connectivity index is 1.62. The zero-order valence-electron chi connectivity index (χ0n) is 12.9. The van der Waals surface area contributed by atoms with Crippen LogP contribution in [0.25, 0.3) is 0 Å². The molecule has 4 aliphatic rings. The molecule has 5 atom stereocenters. The molecule has 0 heterocycles. The van der Waals surface area contributed by atoms with Crippen molar-refractivity contribution >= 4 is 0 Å². The van der Waals surface area contributed by atoms with Crippen molar-refractivity contribution < 1.29 is 0 Å². The van der Waals surface area contributed by atoms with Crippen LogP contribution in [0.4, 0.5) is 0 Å². The quantitative estimate of drug-likeness (QED) is 0.558. The van der Waals surface area contributed by atoms with E-state index in [0.717, 1.165) is 35.0 Å². The molecular weight excluding hydrogens is 228 g/mol. The summed E-state index contributed by atoms with van der Waals surface area (Å²) < 4.78 is 0. The molecular formula is C19H32. The lowest BCUT2D eigenvalue weighted by molar-refractivity contribution is 0.0246. The summed E-state index contributed by atoms with van der Waals surface area (Å²) in [6, 6.07) is 0. The molecule has 0 aliphatic heterocycles. The molecule has 0 spiro atoms. The SMILES string of the molecule is CC1(C2CCCCC2)CC2CCCC3CCCC1C32. The summed E-state index contributed by atoms with van der Waals surface area (Å²) >= 11 is 0. The van der Waals surface area contributed by atoms with Crippen LogP contribution in [0.3, 0.4) is 0 Å². The van der Waals surface area contributed by atoms with Crippen LogP contribution in [-0.4, -0.2) is 0 Å². The molecule has 19 heavy (non-hydrogen) atoms. The van der Waals surface area contributed by atoms with Gasteiger partial charge in [0, 0.05) is 0 Å². The number of hydrogen-bond acceptors (Lipinski definition) is 0. The van der Waals surface area contributed by atoms with Crippen LogP contribution in [0.5, 0.6) is 0 Å². The number of rotatable bonds is 1. The predicted octanol–water partition coefficient (Wildman–Crippen LogP) is 5.81. The van der Waals surface area contributed by atoms with E-state index in [-0.39, 0.29) is 0 Å². The summed E-state index contributed by atoms with van der Waals surface area (Å²) in [4.78, 5) is 0. The van der Waals surface area contributed by atoms with Gasteiger partial charge >= 0.3 is 0 Å². The fourth-order valence-corrected chi connectivity index (χ4v) is 7.15. The van der Waals surface area contributed by atoms with E-state index < -0.39 is 0 Å². The normalized spacial score (nSPS) is 51.0. The van der Waals surface area contributed by atoms with Crippen LogP contribution in [0, 0.1) is 35.0 Å². The summed E-state index contributed by atoms with van der Waals surface area (Å²) in [7, 11) is 0. The van der Waals surface area contributed by atoms with Gasteiger partial charge in [0.1, 0.15) is 0 Å². The van der Waals surface area contributed by atoms with Gasteiger partial charge in [-0.15, -0.1) is 0 Å². The van der Waals surface area contributed by atoms with Gasteiger partial charge in [-0.3, -0.25) is 0 Å². The smallest absolute Gasteiger partial charge is 0.0264 e. The third kappa shape index (κ3) is 1.92. The highest BCUT2D eigenvalue weighted by Crippen LogP contribution is 2.65. The minimum Gasteiger partial charge on any atom is -0.0591 e. The van der Waals surface area contributed by atoms with E-state index in [4.69, 9.17) is 0 Å². The second-order valence-corrected chi connectivity index (χ2v) is 8.61. The van der Waals surface area contributed by atoms with Crippen molar-refractivity contribution in [2.24, 2.45) is 35.0 Å². The highest BCUT2D eigenvalue weighted by Gasteiger charge is 2.57. The minimum absolute atomic E-state index is 0.749. The third-order valence-corrected chi connectivity index (χ3v) is 7.88. The summed E-state index contributed by atoms with van der Waals surface area (Å²) in [6.07, 6.45) is 18.8. The van der Waals surface area contributed by atoms with Gasteiger partial charge in [-0.05, 0) is 60.7 Å². The maximum absolute atomic E-state index is 2.73. The Bertz CT molecular complexity index is 325. The van der Waals surface area contributed by atoms with Crippen LogP contribution in [-0.2, 0) is 0 Å². The largest absolute Gasteiger partial charge is 0.0591 e. The third-order valence-electron chi connectivity index (χ3n) is 7.88. The van der Waals surface area contributed by atoms with Crippen molar-refractivity contribution in [1.82, 2.24) is 0 Å². The second-order valence-electron chi connectivity index (χ2n) is 8.61. The van der Waals surface area contributed by atoms with Crippen LogP contribution < -0.4 is 0 Å². The zero-order valence-corrected chi connectivity index (χ0v) is 12.9. The van der Waals surface area contributed by atoms with Crippen molar-refractivity contribution in [1.29, 1.82) is 0 Å². The predicted molar refractivity (Wildman–Crippen MR) is 81.0 cm³/mol. The molecule has 4 rings (SSSR count). The van der Waals surface area contributed by atoms with Crippen molar-refractivity contribution in [2.75, 3.05) is 0 Å². The maximum atomic E-state index is 2.73. The Hall–Kier alpha value is 0. The summed E-state index contributed by atoms with van der Waals surface area (Å²) in [5.74, 6) is 5.66. The van der Waals surface area contributed by atoms with E-state index in [2.05, 4.69) is 6.92 Å². The first kappa shape index (κ1) is 12.7. The van der Waals surface area contributed by atoms with E-state index in [9.17, 15) is 0 Å². The van der Waals surface area contributed by atoms with Crippen molar-refractivity contribution in [3.63, 3.8) is 0 Å². The maximum Gasteiger partial charge on any atom is -0.0264 e. The van der Waals surface area contributed by atoms with E-state index in [0.29, 0.717) is 0 Å². The molecule has 0 saturated heterocycles. The van der Waals surface area contributed by atoms with Crippen molar-refractivity contribution in [2.45, 2.75) is 84.0 Å². The average Bonchev–Trinajstić information content (AvgIpc) is 2.77. The van der Waals surface area contributed by atoms with Gasteiger partial charge in [-0.25, -0.2) is 0 Å². The zero-order chi connectivity index (χ0) is 12.9. The molecule has 0 aromatic rings. The molecule has 0 aromatic carbocycles. The van der Waals surface area contributed by atoms with Gasteiger partial charge in [-0.1, -0.05) is 58.3 Å². The first-order valence-corrected chi connectivity index (χ1v) is 9.29. The van der Waals surface area contributed by atoms with Crippen LogP contribution in [0.2, 0.25) is 0 Å². The molecule has 0 N–H and O–H groups in total. The molecule has 0 aromatic heterocycles. The van der Waals surface area contributed by atoms with Gasteiger partial charge in [0.15, 0.2) is 0 Å². The van der Waals surface area contributed by atoms with E-state index in [1.165, 1.54) is 19.3 Å². The van der Waals surface area contributed by atoms with Gasteiger partial charge in [0.05, 0.1) is 0 Å². The van der Waals surface area contributed by atoms with Crippen molar-refractivity contribution in [3.05, 3.63) is 0 Å². The molecule has 4 fully saturated rings. The fraction of sp³-hybridized carbons (Fsp3) is 1.00. The summed E-state index contributed by atoms with van der Waals surface area (Å²) in [6.45, 7) is 2.73. The van der Waals surface area contributed by atoms with E-state index in [1.54, 1.807) is 57.8 Å². The second kappa shape index (κ2) is 4.78. The van der Waals surface area contributed by atoms with Gasteiger partial charge < -0.3 is 0 Å². The first-order valence-electron chi connectivity index (χ1n) is 9.29. The minimum atomic E-state index is 0.749. The Kier molecular flexibility index (Phi) is 3.20. The van der Waals surface area contributed by atoms with Crippen LogP contribution in [0.1, 0.15) is 84.0 Å². The fourth-order valence-electron chi connectivity index (χ4n) is 7.15. The highest BCUT2D eigenvalue weighted by atomic mass is 14.6. The van der Waals surface area contributed by atoms with Crippen LogP contribution in [0.15, 0.2) is 0 Å². The van der Waals surface area contributed by atoms with E-state index >= 15 is 0 Å². The summed E-state index contributed by atoms with van der Waals surface area (Å²) in [5, 5.41) is 0. The molecule has 4 aliphatic carbocycles. The molecule has 0 amide bonds. The lowest BCUT2D eigenvalue weighted by Crippen LogP contribution is -2.39. The highest BCUT2D eigenvalue weighted by molar-refractivity contribution is 5.06. The molecule has 108 valence electrons. The topological polar surface area (TPSA) is 0 Å². The Labute approximate surface area is 119 Å².